The van der Waals surface area contributed by atoms with Gasteiger partial charge in [0.15, 0.2) is 0 Å². The first kappa shape index (κ1) is 18.2. The second-order valence-electron chi connectivity index (χ2n) is 3.93. The minimum absolute atomic E-state index is 0.891. The monoisotopic (exact) mass is 293 g/mol. The van der Waals surface area contributed by atoms with E-state index in [9.17, 15) is 30.0 Å². The highest BCUT2D eigenvalue weighted by Crippen LogP contribution is 2.14. The van der Waals surface area contributed by atoms with Crippen molar-refractivity contribution < 1.29 is 40.2 Å². The Bertz CT molecular complexity index is 397. The number of hydrogen-bond acceptors (Lipinski definition) is 8. The van der Waals surface area contributed by atoms with Gasteiger partial charge in [-0.15, -0.1) is 0 Å². The number of carbonyl (C=O) groups excluding carboxylic acids is 1. The van der Waals surface area contributed by atoms with Crippen LogP contribution in [0.25, 0.3) is 10.4 Å². The van der Waals surface area contributed by atoms with E-state index in [0.717, 1.165) is 0 Å². The number of rotatable bonds is 9. The van der Waals surface area contributed by atoms with E-state index < -0.39 is 55.2 Å². The Labute approximate surface area is 112 Å². The lowest BCUT2D eigenvalue weighted by atomic mass is 9.95. The number of carbonyl (C=O) groups is 2. The predicted octanol–water partition coefficient (Wildman–Crippen LogP) is -2.86. The Morgan fingerprint density at radius 1 is 1.10 bits per heavy atom. The molecule has 5 unspecified atom stereocenters. The average molecular weight is 293 g/mol. The summed E-state index contributed by atoms with van der Waals surface area (Å²) in [6, 6.07) is -1.69. The molecule has 0 aliphatic rings. The molecular weight excluding hydrogens is 278 g/mol. The number of ketones is 1. The Hall–Kier alpha value is -1.75. The molecule has 0 saturated heterocycles. The van der Waals surface area contributed by atoms with Crippen LogP contribution in [0, 0.1) is 0 Å². The average Bonchev–Trinajstić information content (AvgIpc) is 2.41. The predicted molar refractivity (Wildman–Crippen MR) is 61.3 cm³/mol. The topological polar surface area (TPSA) is 204 Å². The number of Topliss-reactive ketones (excluding diaryl/α,β-unsaturated/α-hetero) is 1. The van der Waals surface area contributed by atoms with Crippen LogP contribution in [-0.2, 0) is 9.59 Å². The third-order valence-corrected chi connectivity index (χ3v) is 2.49. The second kappa shape index (κ2) is 8.43. The fourth-order valence-electron chi connectivity index (χ4n) is 1.37. The van der Waals surface area contributed by atoms with Crippen LogP contribution in [-0.4, -0.2) is 79.5 Å². The van der Waals surface area contributed by atoms with E-state index in [1.807, 2.05) is 0 Å². The van der Waals surface area contributed by atoms with Crippen molar-refractivity contribution in [1.29, 1.82) is 0 Å². The van der Waals surface area contributed by atoms with Crippen LogP contribution in [0.5, 0.6) is 0 Å². The summed E-state index contributed by atoms with van der Waals surface area (Å²) >= 11 is 0. The molecule has 0 amide bonds. The lowest BCUT2D eigenvalue weighted by Crippen LogP contribution is -2.49. The standard InChI is InChI=1S/C9H15N3O8/c10-12-11-6(5(16)2-13)8(18)7(17)3(14)1-4(15)9(19)20/h3,5-8,13-14,16-18H,1-2H2,(H,19,20). The van der Waals surface area contributed by atoms with Gasteiger partial charge in [0.05, 0.1) is 31.0 Å². The maximum Gasteiger partial charge on any atom is 0.372 e. The normalized spacial score (nSPS) is 18.2. The molecule has 0 radical (unpaired) electrons. The Kier molecular flexibility index (Phi) is 7.69. The number of hydrogen-bond donors (Lipinski definition) is 6. The fourth-order valence-corrected chi connectivity index (χ4v) is 1.37. The van der Waals surface area contributed by atoms with Gasteiger partial charge in [0.1, 0.15) is 6.10 Å². The van der Waals surface area contributed by atoms with Crippen molar-refractivity contribution in [3.63, 3.8) is 0 Å². The molecule has 0 aromatic carbocycles. The Balaban J connectivity index is 4.87. The highest BCUT2D eigenvalue weighted by molar-refractivity contribution is 6.32. The van der Waals surface area contributed by atoms with Gasteiger partial charge in [0, 0.05) is 11.3 Å². The van der Waals surface area contributed by atoms with Crippen LogP contribution >= 0.6 is 0 Å². The molecule has 0 fully saturated rings. The lowest BCUT2D eigenvalue weighted by molar-refractivity contribution is -0.152. The number of azide groups is 1. The van der Waals surface area contributed by atoms with E-state index in [0.29, 0.717) is 0 Å². The molecule has 114 valence electrons. The molecule has 11 heteroatoms. The molecule has 0 saturated carbocycles. The van der Waals surface area contributed by atoms with Crippen molar-refractivity contribution in [2.75, 3.05) is 6.61 Å². The maximum absolute atomic E-state index is 10.8. The largest absolute Gasteiger partial charge is 0.475 e. The van der Waals surface area contributed by atoms with Gasteiger partial charge < -0.3 is 30.6 Å². The van der Waals surface area contributed by atoms with E-state index in [1.54, 1.807) is 0 Å². The third kappa shape index (κ3) is 5.09. The number of carboxylic acid groups (broad SMARTS) is 1. The van der Waals surface area contributed by atoms with Crippen molar-refractivity contribution in [3.05, 3.63) is 10.4 Å². The molecule has 0 aliphatic heterocycles. The van der Waals surface area contributed by atoms with Gasteiger partial charge in [-0.3, -0.25) is 4.79 Å². The minimum Gasteiger partial charge on any atom is -0.475 e. The quantitative estimate of drug-likeness (QED) is 0.113. The summed E-state index contributed by atoms with van der Waals surface area (Å²) in [5.41, 5.74) is 8.25. The minimum atomic E-state index is -2.06. The summed E-state index contributed by atoms with van der Waals surface area (Å²) in [7, 11) is 0. The number of nitrogens with zero attached hydrogens (tertiary/aromatic N) is 3. The highest BCUT2D eigenvalue weighted by atomic mass is 16.4. The van der Waals surface area contributed by atoms with Crippen molar-refractivity contribution >= 4 is 11.8 Å². The Morgan fingerprint density at radius 3 is 2.05 bits per heavy atom. The smallest absolute Gasteiger partial charge is 0.372 e. The number of carboxylic acids is 1. The summed E-state index contributed by atoms with van der Waals surface area (Å²) in [6.45, 7) is -0.891. The SMILES string of the molecule is [N-]=[N+]=NC(C(O)CO)C(O)C(O)C(O)CC(=O)C(=O)O. The van der Waals surface area contributed by atoms with Gasteiger partial charge in [-0.25, -0.2) is 4.79 Å². The van der Waals surface area contributed by atoms with Crippen molar-refractivity contribution in [2.24, 2.45) is 5.11 Å². The van der Waals surface area contributed by atoms with Crippen molar-refractivity contribution in [2.45, 2.75) is 36.9 Å². The first-order valence-corrected chi connectivity index (χ1v) is 5.39. The van der Waals surface area contributed by atoms with E-state index in [-0.39, 0.29) is 0 Å². The maximum atomic E-state index is 10.8. The molecule has 0 spiro atoms. The van der Waals surface area contributed by atoms with Crippen molar-refractivity contribution in [3.8, 4) is 0 Å². The van der Waals surface area contributed by atoms with Gasteiger partial charge >= 0.3 is 5.97 Å². The summed E-state index contributed by atoms with van der Waals surface area (Å²) in [4.78, 5) is 23.4. The first-order chi connectivity index (χ1) is 9.26. The second-order valence-corrected chi connectivity index (χ2v) is 3.93. The van der Waals surface area contributed by atoms with E-state index in [4.69, 9.17) is 15.7 Å². The van der Waals surface area contributed by atoms with Crippen LogP contribution in [0.3, 0.4) is 0 Å². The van der Waals surface area contributed by atoms with Gasteiger partial charge in [-0.05, 0) is 5.53 Å². The molecule has 11 nitrogen and oxygen atoms in total. The van der Waals surface area contributed by atoms with E-state index in [1.165, 1.54) is 0 Å². The van der Waals surface area contributed by atoms with Gasteiger partial charge in [0.25, 0.3) is 0 Å². The van der Waals surface area contributed by atoms with Crippen LogP contribution < -0.4 is 0 Å². The van der Waals surface area contributed by atoms with Crippen LogP contribution in [0.1, 0.15) is 6.42 Å². The Morgan fingerprint density at radius 2 is 1.65 bits per heavy atom. The molecule has 0 aromatic rings. The number of aliphatic hydroxyl groups excluding tert-OH is 5. The molecule has 0 aliphatic carbocycles. The molecule has 0 rings (SSSR count). The van der Waals surface area contributed by atoms with E-state index in [2.05, 4.69) is 10.0 Å². The third-order valence-electron chi connectivity index (χ3n) is 2.49. The summed E-state index contributed by atoms with van der Waals surface area (Å²) in [5, 5.41) is 57.8. The van der Waals surface area contributed by atoms with Gasteiger partial charge in [-0.1, -0.05) is 5.11 Å². The summed E-state index contributed by atoms with van der Waals surface area (Å²) < 4.78 is 0. The fraction of sp³-hybridized carbons (Fsp3) is 0.778. The number of aliphatic hydroxyl groups is 5. The van der Waals surface area contributed by atoms with Crippen molar-refractivity contribution in [1.82, 2.24) is 0 Å². The number of aliphatic carboxylic acids is 1. The molecule has 5 atom stereocenters. The molecule has 0 bridgehead atoms. The van der Waals surface area contributed by atoms with Gasteiger partial charge in [0.2, 0.25) is 5.78 Å². The zero-order valence-electron chi connectivity index (χ0n) is 10.1. The first-order valence-electron chi connectivity index (χ1n) is 5.39. The molecule has 0 heterocycles. The summed E-state index contributed by atoms with van der Waals surface area (Å²) in [6.07, 6.45) is -8.71. The zero-order valence-corrected chi connectivity index (χ0v) is 10.1. The molecular formula is C9H15N3O8. The van der Waals surface area contributed by atoms with E-state index >= 15 is 0 Å². The summed E-state index contributed by atoms with van der Waals surface area (Å²) in [5.74, 6) is -3.22. The lowest BCUT2D eigenvalue weighted by Gasteiger charge is -2.28. The zero-order chi connectivity index (χ0) is 15.9. The molecule has 0 aromatic heterocycles. The van der Waals surface area contributed by atoms with Crippen LogP contribution in [0.15, 0.2) is 5.11 Å². The molecule has 20 heavy (non-hydrogen) atoms. The van der Waals surface area contributed by atoms with Crippen LogP contribution in [0.2, 0.25) is 0 Å². The van der Waals surface area contributed by atoms with Gasteiger partial charge in [-0.2, -0.15) is 0 Å². The molecule has 6 N–H and O–H groups in total. The highest BCUT2D eigenvalue weighted by Gasteiger charge is 2.36. The van der Waals surface area contributed by atoms with Crippen LogP contribution in [0.4, 0.5) is 0 Å².